The highest BCUT2D eigenvalue weighted by Crippen LogP contribution is 2.48. The van der Waals surface area contributed by atoms with Crippen molar-refractivity contribution in [1.82, 2.24) is 10.0 Å². The molecule has 2 aromatic carbocycles. The van der Waals surface area contributed by atoms with Crippen LogP contribution in [0.2, 0.25) is 0 Å². The van der Waals surface area contributed by atoms with Gasteiger partial charge in [-0.15, -0.1) is 0 Å². The second-order valence-electron chi connectivity index (χ2n) is 8.22. The lowest BCUT2D eigenvalue weighted by atomic mass is 9.73. The van der Waals surface area contributed by atoms with Gasteiger partial charge in [-0.25, -0.2) is 10.0 Å². The van der Waals surface area contributed by atoms with E-state index in [-0.39, 0.29) is 29.9 Å². The molecule has 0 saturated carbocycles. The Kier molecular flexibility index (Phi) is 5.83. The van der Waals surface area contributed by atoms with E-state index in [1.165, 1.54) is 0 Å². The summed E-state index contributed by atoms with van der Waals surface area (Å²) in [6.45, 7) is 0. The summed E-state index contributed by atoms with van der Waals surface area (Å²) < 4.78 is 11.0. The van der Waals surface area contributed by atoms with Gasteiger partial charge in [0.25, 0.3) is 0 Å². The van der Waals surface area contributed by atoms with E-state index >= 15 is 0 Å². The molecule has 2 aliphatic rings. The zero-order valence-electron chi connectivity index (χ0n) is 18.4. The Labute approximate surface area is 183 Å². The number of allylic oxidation sites excluding steroid dienone is 2. The first-order valence-electron chi connectivity index (χ1n) is 10.5. The van der Waals surface area contributed by atoms with Gasteiger partial charge in [0, 0.05) is 49.7 Å². The number of nitrogens with zero attached hydrogens (tertiary/aromatic N) is 2. The number of carbonyl (C=O) groups excluding carboxylic acids is 2. The lowest BCUT2D eigenvalue weighted by molar-refractivity contribution is -0.143. The van der Waals surface area contributed by atoms with E-state index < -0.39 is 0 Å². The van der Waals surface area contributed by atoms with Gasteiger partial charge in [0.05, 0.1) is 14.2 Å². The highest BCUT2D eigenvalue weighted by Gasteiger charge is 2.43. The minimum absolute atomic E-state index is 0.0277. The molecule has 2 aromatic rings. The van der Waals surface area contributed by atoms with Crippen molar-refractivity contribution in [1.29, 1.82) is 0 Å². The molecule has 2 atom stereocenters. The van der Waals surface area contributed by atoms with Crippen molar-refractivity contribution in [2.75, 3.05) is 28.3 Å². The largest absolute Gasteiger partial charge is 0.497 e. The Hall–Kier alpha value is -3.12. The molecule has 31 heavy (non-hydrogen) atoms. The summed E-state index contributed by atoms with van der Waals surface area (Å²) in [6, 6.07) is 15.6. The summed E-state index contributed by atoms with van der Waals surface area (Å²) >= 11 is 0. The zero-order valence-corrected chi connectivity index (χ0v) is 18.4. The molecule has 1 amide bonds. The fourth-order valence-corrected chi connectivity index (χ4v) is 4.82. The van der Waals surface area contributed by atoms with Crippen LogP contribution in [0.15, 0.2) is 59.8 Å². The monoisotopic (exact) mass is 420 g/mol. The maximum absolute atomic E-state index is 13.5. The lowest BCUT2D eigenvalue weighted by Gasteiger charge is -2.43. The van der Waals surface area contributed by atoms with Crippen molar-refractivity contribution in [2.24, 2.45) is 0 Å². The van der Waals surface area contributed by atoms with E-state index in [0.717, 1.165) is 16.8 Å². The van der Waals surface area contributed by atoms with Gasteiger partial charge in [0.1, 0.15) is 11.5 Å². The molecular weight excluding hydrogens is 392 g/mol. The number of rotatable bonds is 5. The summed E-state index contributed by atoms with van der Waals surface area (Å²) in [4.78, 5) is 26.8. The SMILES string of the molecule is COc1ccc(OC)c([C@H]2CC(=O)N(N(C)C)C3=C2C(=O)C[C@H](c2ccccc2)C3)c1. The van der Waals surface area contributed by atoms with Gasteiger partial charge in [0.2, 0.25) is 5.91 Å². The molecule has 0 saturated heterocycles. The first-order valence-corrected chi connectivity index (χ1v) is 10.5. The van der Waals surface area contributed by atoms with Crippen LogP contribution in [0.5, 0.6) is 11.5 Å². The zero-order chi connectivity index (χ0) is 22.1. The van der Waals surface area contributed by atoms with Crippen molar-refractivity contribution in [3.8, 4) is 11.5 Å². The molecule has 1 aliphatic carbocycles. The molecule has 0 aromatic heterocycles. The average molecular weight is 421 g/mol. The van der Waals surface area contributed by atoms with Gasteiger partial charge in [-0.2, -0.15) is 0 Å². The number of methoxy groups -OCH3 is 2. The summed E-state index contributed by atoms with van der Waals surface area (Å²) in [5, 5.41) is 3.45. The van der Waals surface area contributed by atoms with E-state index in [1.54, 1.807) is 24.2 Å². The predicted molar refractivity (Wildman–Crippen MR) is 118 cm³/mol. The second kappa shape index (κ2) is 8.55. The maximum atomic E-state index is 13.5. The third kappa shape index (κ3) is 3.83. The fraction of sp³-hybridized carbons (Fsp3) is 0.360. The van der Waals surface area contributed by atoms with Gasteiger partial charge in [-0.3, -0.25) is 9.59 Å². The molecule has 1 aliphatic heterocycles. The fourth-order valence-electron chi connectivity index (χ4n) is 4.82. The number of hydrazine groups is 1. The quantitative estimate of drug-likeness (QED) is 0.734. The smallest absolute Gasteiger partial charge is 0.242 e. The van der Waals surface area contributed by atoms with Crippen LogP contribution < -0.4 is 9.47 Å². The first-order chi connectivity index (χ1) is 14.9. The standard InChI is InChI=1S/C25H28N2O4/c1-26(2)27-21-12-17(16-8-6-5-7-9-16)13-22(28)25(21)20(15-24(27)29)19-14-18(30-3)10-11-23(19)31-4/h5-11,14,17,20H,12-13,15H2,1-4H3/t17-,20-/m1/s1. The van der Waals surface area contributed by atoms with Crippen LogP contribution in [-0.2, 0) is 9.59 Å². The number of ether oxygens (including phenoxy) is 2. The van der Waals surface area contributed by atoms with Crippen molar-refractivity contribution < 1.29 is 19.1 Å². The molecule has 0 radical (unpaired) electrons. The number of hydrogen-bond donors (Lipinski definition) is 0. The van der Waals surface area contributed by atoms with E-state index in [2.05, 4.69) is 12.1 Å². The molecule has 6 nitrogen and oxygen atoms in total. The van der Waals surface area contributed by atoms with Crippen LogP contribution in [-0.4, -0.2) is 50.0 Å². The van der Waals surface area contributed by atoms with Crippen LogP contribution >= 0.6 is 0 Å². The van der Waals surface area contributed by atoms with Crippen LogP contribution in [0.25, 0.3) is 0 Å². The van der Waals surface area contributed by atoms with Crippen molar-refractivity contribution >= 4 is 11.7 Å². The Bertz CT molecular complexity index is 1030. The van der Waals surface area contributed by atoms with Gasteiger partial charge in [-0.05, 0) is 36.1 Å². The lowest BCUT2D eigenvalue weighted by Crippen LogP contribution is -2.48. The molecule has 0 fully saturated rings. The summed E-state index contributed by atoms with van der Waals surface area (Å²) in [6.07, 6.45) is 1.28. The summed E-state index contributed by atoms with van der Waals surface area (Å²) in [5.41, 5.74) is 3.44. The molecule has 0 unspecified atom stereocenters. The Morgan fingerprint density at radius 2 is 1.68 bits per heavy atom. The van der Waals surface area contributed by atoms with E-state index in [1.807, 2.05) is 50.5 Å². The number of ketones is 1. The molecule has 6 heteroatoms. The highest BCUT2D eigenvalue weighted by atomic mass is 16.5. The minimum atomic E-state index is -0.354. The maximum Gasteiger partial charge on any atom is 0.242 e. The molecule has 1 heterocycles. The molecule has 0 N–H and O–H groups in total. The van der Waals surface area contributed by atoms with Crippen LogP contribution in [0.4, 0.5) is 0 Å². The normalized spacial score (nSPS) is 21.4. The van der Waals surface area contributed by atoms with Gasteiger partial charge in [0.15, 0.2) is 5.78 Å². The molecule has 0 spiro atoms. The molecule has 0 bridgehead atoms. The van der Waals surface area contributed by atoms with Gasteiger partial charge in [-0.1, -0.05) is 30.3 Å². The summed E-state index contributed by atoms with van der Waals surface area (Å²) in [7, 11) is 6.88. The van der Waals surface area contributed by atoms with Crippen molar-refractivity contribution in [3.05, 3.63) is 70.9 Å². The number of amides is 1. The topological polar surface area (TPSA) is 59.1 Å². The Morgan fingerprint density at radius 3 is 2.32 bits per heavy atom. The minimum Gasteiger partial charge on any atom is -0.497 e. The highest BCUT2D eigenvalue weighted by molar-refractivity contribution is 6.02. The number of benzene rings is 2. The predicted octanol–water partition coefficient (Wildman–Crippen LogP) is 3.90. The van der Waals surface area contributed by atoms with E-state index in [9.17, 15) is 9.59 Å². The number of hydrogen-bond acceptors (Lipinski definition) is 5. The summed E-state index contributed by atoms with van der Waals surface area (Å²) in [5.74, 6) is 1.08. The Morgan fingerprint density at radius 1 is 0.935 bits per heavy atom. The first kappa shape index (κ1) is 21.1. The van der Waals surface area contributed by atoms with Crippen molar-refractivity contribution in [2.45, 2.75) is 31.1 Å². The molecular formula is C25H28N2O4. The Balaban J connectivity index is 1.85. The van der Waals surface area contributed by atoms with E-state index in [4.69, 9.17) is 9.47 Å². The third-order valence-corrected chi connectivity index (χ3v) is 6.19. The van der Waals surface area contributed by atoms with Crippen LogP contribution in [0, 0.1) is 0 Å². The van der Waals surface area contributed by atoms with Gasteiger partial charge >= 0.3 is 0 Å². The molecule has 4 rings (SSSR count). The van der Waals surface area contributed by atoms with Crippen LogP contribution in [0.1, 0.15) is 42.2 Å². The third-order valence-electron chi connectivity index (χ3n) is 6.19. The molecule has 162 valence electrons. The van der Waals surface area contributed by atoms with Crippen molar-refractivity contribution in [3.63, 3.8) is 0 Å². The number of Topliss-reactive ketones (excluding diaryl/α,β-unsaturated/α-hetero) is 1. The average Bonchev–Trinajstić information content (AvgIpc) is 2.78. The number of carbonyl (C=O) groups is 2. The van der Waals surface area contributed by atoms with Crippen LogP contribution in [0.3, 0.4) is 0 Å². The van der Waals surface area contributed by atoms with E-state index in [0.29, 0.717) is 29.9 Å². The second-order valence-corrected chi connectivity index (χ2v) is 8.22. The van der Waals surface area contributed by atoms with Gasteiger partial charge < -0.3 is 9.47 Å².